The van der Waals surface area contributed by atoms with Gasteiger partial charge < -0.3 is 4.98 Å². The Morgan fingerprint density at radius 2 is 2.56 bits per heavy atom. The largest absolute Gasteiger partial charge is 0.360 e. The average molecular weight is 120 g/mol. The first kappa shape index (κ1) is 5.82. The fourth-order valence-corrected chi connectivity index (χ4v) is 0.558. The van der Waals surface area contributed by atoms with Crippen LogP contribution in [0.5, 0.6) is 0 Å². The number of hydrogen-bond donors (Lipinski definition) is 1. The highest BCUT2D eigenvalue weighted by molar-refractivity contribution is 5.77. The minimum Gasteiger partial charge on any atom is -0.360 e. The molecule has 0 aliphatic heterocycles. The maximum absolute atomic E-state index is 3.82. The van der Waals surface area contributed by atoms with Gasteiger partial charge in [0.2, 0.25) is 0 Å². The lowest BCUT2D eigenvalue weighted by molar-refractivity contribution is 1.38. The number of nitrogens with zero attached hydrogens (tertiary/aromatic N) is 1. The molecular weight excluding hydrogens is 112 g/mol. The van der Waals surface area contributed by atoms with E-state index in [1.54, 1.807) is 6.21 Å². The standard InChI is InChI=1S/C7H8N2/c1-2-8-6-7-4-3-5-9-7/h2-6,9H,1H2. The Balaban J connectivity index is 2.67. The van der Waals surface area contributed by atoms with E-state index in [2.05, 4.69) is 16.6 Å². The van der Waals surface area contributed by atoms with Gasteiger partial charge in [0.15, 0.2) is 0 Å². The molecule has 0 spiro atoms. The molecule has 0 bridgehead atoms. The molecule has 46 valence electrons. The molecule has 0 aliphatic carbocycles. The van der Waals surface area contributed by atoms with Crippen molar-refractivity contribution in [1.29, 1.82) is 0 Å². The van der Waals surface area contributed by atoms with Crippen molar-refractivity contribution in [3.8, 4) is 0 Å². The van der Waals surface area contributed by atoms with Gasteiger partial charge in [0.1, 0.15) is 0 Å². The number of rotatable bonds is 2. The van der Waals surface area contributed by atoms with Gasteiger partial charge in [-0.05, 0) is 12.1 Å². The van der Waals surface area contributed by atoms with Gasteiger partial charge in [0.25, 0.3) is 0 Å². The van der Waals surface area contributed by atoms with Gasteiger partial charge in [-0.15, -0.1) is 0 Å². The molecule has 1 N–H and O–H groups in total. The third kappa shape index (κ3) is 1.57. The zero-order valence-corrected chi connectivity index (χ0v) is 5.04. The zero-order chi connectivity index (χ0) is 6.53. The quantitative estimate of drug-likeness (QED) is 0.574. The van der Waals surface area contributed by atoms with E-state index >= 15 is 0 Å². The molecule has 0 amide bonds. The average Bonchev–Trinajstić information content (AvgIpc) is 2.34. The molecule has 1 aromatic heterocycles. The highest BCUT2D eigenvalue weighted by Crippen LogP contribution is 1.88. The summed E-state index contributed by atoms with van der Waals surface area (Å²) in [6.45, 7) is 3.45. The van der Waals surface area contributed by atoms with Crippen LogP contribution in [-0.4, -0.2) is 11.2 Å². The second kappa shape index (κ2) is 2.87. The summed E-state index contributed by atoms with van der Waals surface area (Å²) in [5, 5.41) is 0. The first-order chi connectivity index (χ1) is 4.43. The SMILES string of the molecule is C=CN=Cc1ccc[nH]1. The Hall–Kier alpha value is -1.31. The molecule has 1 aromatic rings. The fraction of sp³-hybridized carbons (Fsp3) is 0. The Kier molecular flexibility index (Phi) is 1.85. The second-order valence-electron chi connectivity index (χ2n) is 1.59. The van der Waals surface area contributed by atoms with Gasteiger partial charge in [-0.2, -0.15) is 0 Å². The summed E-state index contributed by atoms with van der Waals surface area (Å²) in [5.41, 5.74) is 0.995. The van der Waals surface area contributed by atoms with Crippen LogP contribution in [0.3, 0.4) is 0 Å². The van der Waals surface area contributed by atoms with Crippen molar-refractivity contribution in [2.24, 2.45) is 4.99 Å². The van der Waals surface area contributed by atoms with Crippen LogP contribution in [0.4, 0.5) is 0 Å². The van der Waals surface area contributed by atoms with Crippen LogP contribution in [0.2, 0.25) is 0 Å². The number of aromatic nitrogens is 1. The van der Waals surface area contributed by atoms with Gasteiger partial charge in [0, 0.05) is 12.4 Å². The maximum atomic E-state index is 3.82. The minimum absolute atomic E-state index is 0.995. The van der Waals surface area contributed by atoms with Crippen molar-refractivity contribution in [2.45, 2.75) is 0 Å². The molecule has 1 rings (SSSR count). The van der Waals surface area contributed by atoms with E-state index in [0.717, 1.165) is 5.69 Å². The third-order valence-electron chi connectivity index (χ3n) is 0.941. The molecule has 2 heteroatoms. The van der Waals surface area contributed by atoms with Crippen molar-refractivity contribution in [3.63, 3.8) is 0 Å². The van der Waals surface area contributed by atoms with Crippen molar-refractivity contribution < 1.29 is 0 Å². The van der Waals surface area contributed by atoms with E-state index in [-0.39, 0.29) is 0 Å². The van der Waals surface area contributed by atoms with E-state index in [4.69, 9.17) is 0 Å². The first-order valence-corrected chi connectivity index (χ1v) is 2.71. The molecule has 0 radical (unpaired) electrons. The minimum atomic E-state index is 0.995. The fourth-order valence-electron chi connectivity index (χ4n) is 0.558. The van der Waals surface area contributed by atoms with Gasteiger partial charge in [0.05, 0.1) is 11.9 Å². The Morgan fingerprint density at radius 3 is 3.11 bits per heavy atom. The van der Waals surface area contributed by atoms with Crippen molar-refractivity contribution in [1.82, 2.24) is 4.98 Å². The van der Waals surface area contributed by atoms with Crippen LogP contribution >= 0.6 is 0 Å². The van der Waals surface area contributed by atoms with Crippen LogP contribution in [-0.2, 0) is 0 Å². The third-order valence-corrected chi connectivity index (χ3v) is 0.941. The zero-order valence-electron chi connectivity index (χ0n) is 5.04. The molecular formula is C7H8N2. The summed E-state index contributed by atoms with van der Waals surface area (Å²) >= 11 is 0. The summed E-state index contributed by atoms with van der Waals surface area (Å²) in [6, 6.07) is 3.86. The number of hydrogen-bond acceptors (Lipinski definition) is 1. The predicted molar refractivity (Wildman–Crippen MR) is 38.6 cm³/mol. The van der Waals surface area contributed by atoms with Crippen molar-refractivity contribution in [2.75, 3.05) is 0 Å². The molecule has 0 fully saturated rings. The van der Waals surface area contributed by atoms with Gasteiger partial charge in [-0.3, -0.25) is 4.99 Å². The van der Waals surface area contributed by atoms with Gasteiger partial charge >= 0.3 is 0 Å². The monoisotopic (exact) mass is 120 g/mol. The Bertz CT molecular complexity index is 197. The highest BCUT2D eigenvalue weighted by atomic mass is 14.7. The Labute approximate surface area is 53.9 Å². The Morgan fingerprint density at radius 1 is 1.67 bits per heavy atom. The van der Waals surface area contributed by atoms with E-state index in [1.807, 2.05) is 18.3 Å². The molecule has 0 aliphatic rings. The van der Waals surface area contributed by atoms with Gasteiger partial charge in [-0.25, -0.2) is 0 Å². The molecule has 0 atom stereocenters. The molecule has 0 unspecified atom stereocenters. The summed E-state index contributed by atoms with van der Waals surface area (Å²) in [5.74, 6) is 0. The van der Waals surface area contributed by atoms with Crippen molar-refractivity contribution >= 4 is 6.21 Å². The molecule has 0 aromatic carbocycles. The number of nitrogens with one attached hydrogen (secondary N) is 1. The van der Waals surface area contributed by atoms with Gasteiger partial charge in [-0.1, -0.05) is 6.58 Å². The van der Waals surface area contributed by atoms with Crippen LogP contribution in [0.25, 0.3) is 0 Å². The maximum Gasteiger partial charge on any atom is 0.0566 e. The van der Waals surface area contributed by atoms with E-state index < -0.39 is 0 Å². The molecule has 2 nitrogen and oxygen atoms in total. The van der Waals surface area contributed by atoms with Crippen LogP contribution in [0.15, 0.2) is 36.1 Å². The second-order valence-corrected chi connectivity index (χ2v) is 1.59. The normalized spacial score (nSPS) is 10.2. The molecule has 0 saturated heterocycles. The number of aliphatic imine (C=N–C) groups is 1. The topological polar surface area (TPSA) is 28.1 Å². The van der Waals surface area contributed by atoms with Crippen LogP contribution in [0.1, 0.15) is 5.69 Å². The lowest BCUT2D eigenvalue weighted by Gasteiger charge is -1.78. The number of H-pyrrole nitrogens is 1. The van der Waals surface area contributed by atoms with E-state index in [1.165, 1.54) is 6.20 Å². The summed E-state index contributed by atoms with van der Waals surface area (Å²) in [4.78, 5) is 6.80. The van der Waals surface area contributed by atoms with Crippen molar-refractivity contribution in [3.05, 3.63) is 36.8 Å². The van der Waals surface area contributed by atoms with E-state index in [0.29, 0.717) is 0 Å². The molecule has 1 heterocycles. The first-order valence-electron chi connectivity index (χ1n) is 2.71. The van der Waals surface area contributed by atoms with Crippen LogP contribution < -0.4 is 0 Å². The summed E-state index contributed by atoms with van der Waals surface area (Å²) < 4.78 is 0. The molecule has 0 saturated carbocycles. The predicted octanol–water partition coefficient (Wildman–Crippen LogP) is 1.58. The lowest BCUT2D eigenvalue weighted by atomic mass is 10.5. The highest BCUT2D eigenvalue weighted by Gasteiger charge is 1.80. The smallest absolute Gasteiger partial charge is 0.0566 e. The molecule has 9 heavy (non-hydrogen) atoms. The summed E-state index contributed by atoms with van der Waals surface area (Å²) in [7, 11) is 0. The lowest BCUT2D eigenvalue weighted by Crippen LogP contribution is -1.75. The van der Waals surface area contributed by atoms with Crippen LogP contribution in [0, 0.1) is 0 Å². The van der Waals surface area contributed by atoms with E-state index in [9.17, 15) is 0 Å². The number of aromatic amines is 1. The summed E-state index contributed by atoms with van der Waals surface area (Å²) in [6.07, 6.45) is 5.07.